The number of carboxylic acid groups (broad SMARTS) is 1. The van der Waals surface area contributed by atoms with Crippen molar-refractivity contribution in [2.24, 2.45) is 13.0 Å². The van der Waals surface area contributed by atoms with E-state index in [1.54, 1.807) is 6.92 Å². The van der Waals surface area contributed by atoms with Gasteiger partial charge in [-0.3, -0.25) is 4.79 Å². The SMILES string of the molecule is CC(Cc1cn(C)c2cccc(Cl)c12)C(=O)O. The number of rotatable bonds is 3. The van der Waals surface area contributed by atoms with E-state index in [4.69, 9.17) is 16.7 Å². The lowest BCUT2D eigenvalue weighted by Gasteiger charge is -2.05. The number of aryl methyl sites for hydroxylation is 1. The van der Waals surface area contributed by atoms with Gasteiger partial charge in [0.25, 0.3) is 0 Å². The van der Waals surface area contributed by atoms with Crippen LogP contribution in [0.1, 0.15) is 12.5 Å². The lowest BCUT2D eigenvalue weighted by atomic mass is 10.0. The second-order valence-electron chi connectivity index (χ2n) is 4.34. The summed E-state index contributed by atoms with van der Waals surface area (Å²) in [5, 5.41) is 10.6. The van der Waals surface area contributed by atoms with E-state index in [-0.39, 0.29) is 0 Å². The highest BCUT2D eigenvalue weighted by Gasteiger charge is 2.16. The van der Waals surface area contributed by atoms with Gasteiger partial charge in [0, 0.05) is 24.1 Å². The van der Waals surface area contributed by atoms with Crippen LogP contribution in [0.2, 0.25) is 5.02 Å². The van der Waals surface area contributed by atoms with Gasteiger partial charge in [-0.05, 0) is 24.1 Å². The molecule has 0 bridgehead atoms. The average molecular weight is 252 g/mol. The topological polar surface area (TPSA) is 42.2 Å². The summed E-state index contributed by atoms with van der Waals surface area (Å²) in [7, 11) is 1.94. The molecule has 0 fully saturated rings. The van der Waals surface area contributed by atoms with E-state index in [1.807, 2.05) is 36.0 Å². The van der Waals surface area contributed by atoms with Gasteiger partial charge in [0.05, 0.1) is 10.9 Å². The van der Waals surface area contributed by atoms with Gasteiger partial charge in [0.2, 0.25) is 0 Å². The molecule has 2 aromatic rings. The Morgan fingerprint density at radius 3 is 2.88 bits per heavy atom. The molecule has 0 radical (unpaired) electrons. The molecule has 0 spiro atoms. The Kier molecular flexibility index (Phi) is 3.11. The Bertz CT molecular complexity index is 574. The highest BCUT2D eigenvalue weighted by atomic mass is 35.5. The quantitative estimate of drug-likeness (QED) is 0.911. The third-order valence-corrected chi connectivity index (χ3v) is 3.30. The van der Waals surface area contributed by atoms with Crippen molar-refractivity contribution in [2.75, 3.05) is 0 Å². The number of carboxylic acids is 1. The minimum Gasteiger partial charge on any atom is -0.481 e. The number of hydrogen-bond acceptors (Lipinski definition) is 1. The molecule has 17 heavy (non-hydrogen) atoms. The number of aromatic nitrogens is 1. The van der Waals surface area contributed by atoms with Crippen LogP contribution in [0.25, 0.3) is 10.9 Å². The Morgan fingerprint density at radius 2 is 2.24 bits per heavy atom. The van der Waals surface area contributed by atoms with Crippen LogP contribution in [-0.2, 0) is 18.3 Å². The molecule has 0 amide bonds. The van der Waals surface area contributed by atoms with Gasteiger partial charge in [-0.2, -0.15) is 0 Å². The van der Waals surface area contributed by atoms with Gasteiger partial charge in [0.15, 0.2) is 0 Å². The minimum atomic E-state index is -0.783. The summed E-state index contributed by atoms with van der Waals surface area (Å²) in [5.74, 6) is -1.19. The minimum absolute atomic E-state index is 0.406. The Labute approximate surface area is 105 Å². The second kappa shape index (κ2) is 4.41. The summed E-state index contributed by atoms with van der Waals surface area (Å²) in [6.45, 7) is 1.71. The molecular weight excluding hydrogens is 238 g/mol. The summed E-state index contributed by atoms with van der Waals surface area (Å²) in [6, 6.07) is 5.71. The molecule has 1 unspecified atom stereocenters. The molecule has 0 saturated heterocycles. The van der Waals surface area contributed by atoms with Crippen LogP contribution >= 0.6 is 11.6 Å². The number of halogens is 1. The molecule has 1 heterocycles. The normalized spacial score (nSPS) is 12.9. The molecule has 0 saturated carbocycles. The Hall–Kier alpha value is -1.48. The first-order chi connectivity index (χ1) is 8.00. The van der Waals surface area contributed by atoms with Crippen molar-refractivity contribution in [1.29, 1.82) is 0 Å². The number of aliphatic carboxylic acids is 1. The largest absolute Gasteiger partial charge is 0.481 e. The summed E-state index contributed by atoms with van der Waals surface area (Å²) < 4.78 is 1.98. The molecule has 0 aliphatic heterocycles. The summed E-state index contributed by atoms with van der Waals surface area (Å²) >= 11 is 6.18. The number of carbonyl (C=O) groups is 1. The van der Waals surface area contributed by atoms with Crippen LogP contribution < -0.4 is 0 Å². The van der Waals surface area contributed by atoms with E-state index >= 15 is 0 Å². The number of fused-ring (bicyclic) bond motifs is 1. The fraction of sp³-hybridized carbons (Fsp3) is 0.308. The fourth-order valence-corrected chi connectivity index (χ4v) is 2.36. The zero-order valence-electron chi connectivity index (χ0n) is 9.77. The van der Waals surface area contributed by atoms with Gasteiger partial charge in [-0.1, -0.05) is 24.6 Å². The molecule has 90 valence electrons. The van der Waals surface area contributed by atoms with E-state index in [0.717, 1.165) is 16.5 Å². The lowest BCUT2D eigenvalue weighted by molar-refractivity contribution is -0.141. The zero-order chi connectivity index (χ0) is 12.6. The smallest absolute Gasteiger partial charge is 0.306 e. The van der Waals surface area contributed by atoms with Crippen LogP contribution in [0.5, 0.6) is 0 Å². The van der Waals surface area contributed by atoms with Crippen LogP contribution in [0.4, 0.5) is 0 Å². The van der Waals surface area contributed by atoms with Crippen molar-refractivity contribution in [2.45, 2.75) is 13.3 Å². The molecule has 0 aliphatic carbocycles. The highest BCUT2D eigenvalue weighted by molar-refractivity contribution is 6.35. The van der Waals surface area contributed by atoms with Crippen LogP contribution in [-0.4, -0.2) is 15.6 Å². The van der Waals surface area contributed by atoms with E-state index < -0.39 is 11.9 Å². The number of hydrogen-bond donors (Lipinski definition) is 1. The Morgan fingerprint density at radius 1 is 1.53 bits per heavy atom. The summed E-state index contributed by atoms with van der Waals surface area (Å²) in [5.41, 5.74) is 2.02. The molecule has 1 N–H and O–H groups in total. The molecule has 4 heteroatoms. The van der Waals surface area contributed by atoms with Crippen molar-refractivity contribution in [3.05, 3.63) is 35.0 Å². The van der Waals surface area contributed by atoms with Gasteiger partial charge in [-0.25, -0.2) is 0 Å². The van der Waals surface area contributed by atoms with Gasteiger partial charge in [-0.15, -0.1) is 0 Å². The van der Waals surface area contributed by atoms with E-state index in [9.17, 15) is 4.79 Å². The lowest BCUT2D eigenvalue weighted by Crippen LogP contribution is -2.12. The van der Waals surface area contributed by atoms with Crippen molar-refractivity contribution < 1.29 is 9.90 Å². The molecule has 2 rings (SSSR count). The van der Waals surface area contributed by atoms with Gasteiger partial charge < -0.3 is 9.67 Å². The molecular formula is C13H14ClNO2. The maximum atomic E-state index is 10.9. The predicted octanol–water partition coefficient (Wildman–Crippen LogP) is 3.09. The molecule has 0 aliphatic rings. The zero-order valence-corrected chi connectivity index (χ0v) is 10.5. The first kappa shape index (κ1) is 12.0. The summed E-state index contributed by atoms with van der Waals surface area (Å²) in [6.07, 6.45) is 2.45. The van der Waals surface area contributed by atoms with Gasteiger partial charge in [0.1, 0.15) is 0 Å². The molecule has 3 nitrogen and oxygen atoms in total. The van der Waals surface area contributed by atoms with Crippen molar-refractivity contribution in [3.63, 3.8) is 0 Å². The van der Waals surface area contributed by atoms with Crippen molar-refractivity contribution >= 4 is 28.5 Å². The fourth-order valence-electron chi connectivity index (χ4n) is 2.06. The first-order valence-corrected chi connectivity index (χ1v) is 5.83. The number of nitrogens with zero attached hydrogens (tertiary/aromatic N) is 1. The Balaban J connectivity index is 2.51. The van der Waals surface area contributed by atoms with Gasteiger partial charge >= 0.3 is 5.97 Å². The monoisotopic (exact) mass is 251 g/mol. The van der Waals surface area contributed by atoms with Crippen LogP contribution in [0.3, 0.4) is 0 Å². The maximum absolute atomic E-state index is 10.9. The molecule has 1 aromatic carbocycles. The standard InChI is InChI=1S/C13H14ClNO2/c1-8(13(16)17)6-9-7-15(2)11-5-3-4-10(14)12(9)11/h3-5,7-8H,6H2,1-2H3,(H,16,17). The highest BCUT2D eigenvalue weighted by Crippen LogP contribution is 2.29. The third-order valence-electron chi connectivity index (χ3n) is 2.99. The first-order valence-electron chi connectivity index (χ1n) is 5.46. The maximum Gasteiger partial charge on any atom is 0.306 e. The predicted molar refractivity (Wildman–Crippen MR) is 68.4 cm³/mol. The molecule has 1 aromatic heterocycles. The van der Waals surface area contributed by atoms with Crippen molar-refractivity contribution in [3.8, 4) is 0 Å². The summed E-state index contributed by atoms with van der Waals surface area (Å²) in [4.78, 5) is 10.9. The second-order valence-corrected chi connectivity index (χ2v) is 4.75. The number of benzene rings is 1. The van der Waals surface area contributed by atoms with E-state index in [0.29, 0.717) is 11.4 Å². The van der Waals surface area contributed by atoms with E-state index in [1.165, 1.54) is 0 Å². The van der Waals surface area contributed by atoms with E-state index in [2.05, 4.69) is 0 Å². The molecule has 1 atom stereocenters. The van der Waals surface area contributed by atoms with Crippen LogP contribution in [0, 0.1) is 5.92 Å². The third kappa shape index (κ3) is 2.15. The van der Waals surface area contributed by atoms with Crippen molar-refractivity contribution in [1.82, 2.24) is 4.57 Å². The van der Waals surface area contributed by atoms with Crippen LogP contribution in [0.15, 0.2) is 24.4 Å². The average Bonchev–Trinajstić information content (AvgIpc) is 2.57.